The van der Waals surface area contributed by atoms with E-state index in [4.69, 9.17) is 9.47 Å². The van der Waals surface area contributed by atoms with Crippen molar-refractivity contribution in [2.45, 2.75) is 31.1 Å². The second kappa shape index (κ2) is 10.9. The third-order valence-corrected chi connectivity index (χ3v) is 6.28. The fraction of sp³-hybridized carbons (Fsp3) is 0.632. The van der Waals surface area contributed by atoms with Crippen LogP contribution in [0.2, 0.25) is 0 Å². The van der Waals surface area contributed by atoms with Crippen LogP contribution in [0.25, 0.3) is 0 Å². The number of rotatable bonds is 7. The van der Waals surface area contributed by atoms with E-state index in [1.807, 2.05) is 4.90 Å². The highest BCUT2D eigenvalue weighted by atomic mass is 35.5. The van der Waals surface area contributed by atoms with Crippen molar-refractivity contribution in [2.24, 2.45) is 5.92 Å². The number of nitrogens with zero attached hydrogens (tertiary/aromatic N) is 1. The molecule has 1 unspecified atom stereocenters. The van der Waals surface area contributed by atoms with Gasteiger partial charge in [0.15, 0.2) is 11.5 Å². The largest absolute Gasteiger partial charge is 0.486 e. The van der Waals surface area contributed by atoms with Crippen molar-refractivity contribution in [3.8, 4) is 11.5 Å². The average Bonchev–Trinajstić information content (AvgIpc) is 2.70. The highest BCUT2D eigenvalue weighted by molar-refractivity contribution is 7.85. The number of benzene rings is 1. The summed E-state index contributed by atoms with van der Waals surface area (Å²) in [5.74, 6) is 2.43. The normalized spacial score (nSPS) is 17.9. The summed E-state index contributed by atoms with van der Waals surface area (Å²) in [6, 6.07) is 5.35. The van der Waals surface area contributed by atoms with Gasteiger partial charge >= 0.3 is 0 Å². The first-order chi connectivity index (χ1) is 12.7. The number of fused-ring (bicyclic) bond motifs is 1. The van der Waals surface area contributed by atoms with Crippen molar-refractivity contribution in [3.63, 3.8) is 0 Å². The van der Waals surface area contributed by atoms with E-state index in [9.17, 15) is 9.00 Å². The number of nitrogens with one attached hydrogen (secondary N) is 1. The average molecular weight is 417 g/mol. The molecule has 152 valence electrons. The molecule has 1 N–H and O–H groups in total. The van der Waals surface area contributed by atoms with Gasteiger partial charge in [-0.1, -0.05) is 6.92 Å². The van der Waals surface area contributed by atoms with Crippen LogP contribution in [0.15, 0.2) is 23.1 Å². The van der Waals surface area contributed by atoms with Gasteiger partial charge in [0.2, 0.25) is 5.91 Å². The Kier molecular flexibility index (Phi) is 8.86. The summed E-state index contributed by atoms with van der Waals surface area (Å²) in [7, 11) is -1.21. The summed E-state index contributed by atoms with van der Waals surface area (Å²) >= 11 is 0. The molecule has 0 aromatic heterocycles. The second-order valence-corrected chi connectivity index (χ2v) is 8.31. The molecule has 8 heteroatoms. The maximum atomic E-state index is 12.5. The Morgan fingerprint density at radius 3 is 2.63 bits per heavy atom. The number of carbonyl (C=O) groups is 1. The SMILES string of the molecule is CCNCC1CCN(C(=O)CCS(=O)c2ccc3c(c2)OCCO3)CC1.Cl. The maximum absolute atomic E-state index is 12.5. The summed E-state index contributed by atoms with van der Waals surface area (Å²) in [6.07, 6.45) is 2.41. The van der Waals surface area contributed by atoms with Crippen molar-refractivity contribution in [1.82, 2.24) is 10.2 Å². The van der Waals surface area contributed by atoms with Crippen LogP contribution >= 0.6 is 12.4 Å². The molecule has 2 heterocycles. The number of halogens is 1. The molecule has 1 aromatic carbocycles. The maximum Gasteiger partial charge on any atom is 0.223 e. The van der Waals surface area contributed by atoms with Crippen LogP contribution in [-0.4, -0.2) is 60.2 Å². The van der Waals surface area contributed by atoms with Crippen LogP contribution < -0.4 is 14.8 Å². The van der Waals surface area contributed by atoms with Gasteiger partial charge in [0.1, 0.15) is 13.2 Å². The number of likely N-dealkylation sites (tertiary alicyclic amines) is 1. The molecule has 1 aromatic rings. The molecular formula is C19H29ClN2O4S. The minimum atomic E-state index is -1.21. The molecule has 0 spiro atoms. The van der Waals surface area contributed by atoms with E-state index in [1.54, 1.807) is 18.2 Å². The van der Waals surface area contributed by atoms with E-state index in [1.165, 1.54) is 0 Å². The molecule has 1 amide bonds. The number of hydrogen-bond acceptors (Lipinski definition) is 5. The first-order valence-electron chi connectivity index (χ1n) is 9.44. The molecule has 0 bridgehead atoms. The number of ether oxygens (including phenoxy) is 2. The molecule has 3 rings (SSSR count). The Labute approximate surface area is 169 Å². The number of hydrogen-bond donors (Lipinski definition) is 1. The number of amides is 1. The molecule has 6 nitrogen and oxygen atoms in total. The highest BCUT2D eigenvalue weighted by Crippen LogP contribution is 2.31. The van der Waals surface area contributed by atoms with E-state index in [0.717, 1.165) is 39.0 Å². The lowest BCUT2D eigenvalue weighted by atomic mass is 9.96. The molecule has 1 saturated heterocycles. The minimum absolute atomic E-state index is 0. The Bertz CT molecular complexity index is 651. The van der Waals surface area contributed by atoms with Crippen molar-refractivity contribution in [1.29, 1.82) is 0 Å². The van der Waals surface area contributed by atoms with Gasteiger partial charge in [-0.05, 0) is 44.0 Å². The highest BCUT2D eigenvalue weighted by Gasteiger charge is 2.23. The van der Waals surface area contributed by atoms with Gasteiger partial charge in [-0.15, -0.1) is 12.4 Å². The van der Waals surface area contributed by atoms with Crippen molar-refractivity contribution in [3.05, 3.63) is 18.2 Å². The van der Waals surface area contributed by atoms with Gasteiger partial charge in [0.25, 0.3) is 0 Å². The van der Waals surface area contributed by atoms with Gasteiger partial charge in [-0.3, -0.25) is 9.00 Å². The third kappa shape index (κ3) is 6.09. The summed E-state index contributed by atoms with van der Waals surface area (Å²) < 4.78 is 23.5. The Morgan fingerprint density at radius 2 is 1.93 bits per heavy atom. The van der Waals surface area contributed by atoms with Crippen molar-refractivity contribution < 1.29 is 18.5 Å². The summed E-state index contributed by atoms with van der Waals surface area (Å²) in [4.78, 5) is 15.0. The quantitative estimate of drug-likeness (QED) is 0.738. The van der Waals surface area contributed by atoms with Gasteiger partial charge < -0.3 is 19.7 Å². The van der Waals surface area contributed by atoms with E-state index in [0.29, 0.717) is 47.7 Å². The Hall–Kier alpha value is -1.31. The topological polar surface area (TPSA) is 67.9 Å². The molecule has 0 aliphatic carbocycles. The molecule has 1 fully saturated rings. The summed E-state index contributed by atoms with van der Waals surface area (Å²) in [5, 5.41) is 3.38. The van der Waals surface area contributed by atoms with Crippen molar-refractivity contribution >= 4 is 29.1 Å². The zero-order chi connectivity index (χ0) is 18.4. The van der Waals surface area contributed by atoms with Crippen LogP contribution in [0.1, 0.15) is 26.2 Å². The standard InChI is InChI=1S/C19H28N2O4S.ClH/c1-2-20-14-15-5-8-21(9-6-15)19(22)7-12-26(23)16-3-4-17-18(13-16)25-11-10-24-17;/h3-4,13,15,20H,2,5-12,14H2,1H3;1H. The third-order valence-electron chi connectivity index (χ3n) is 4.93. The van der Waals surface area contributed by atoms with Gasteiger partial charge in [-0.25, -0.2) is 0 Å². The lowest BCUT2D eigenvalue weighted by Crippen LogP contribution is -2.41. The zero-order valence-electron chi connectivity index (χ0n) is 15.8. The fourth-order valence-electron chi connectivity index (χ4n) is 3.36. The van der Waals surface area contributed by atoms with Gasteiger partial charge in [0.05, 0.1) is 10.8 Å². The van der Waals surface area contributed by atoms with E-state index < -0.39 is 10.8 Å². The fourth-order valence-corrected chi connectivity index (χ4v) is 4.41. The van der Waals surface area contributed by atoms with Gasteiger partial charge in [0, 0.05) is 36.2 Å². The summed E-state index contributed by atoms with van der Waals surface area (Å²) in [5.41, 5.74) is 0. The van der Waals surface area contributed by atoms with Crippen LogP contribution in [0.5, 0.6) is 11.5 Å². The first kappa shape index (κ1) is 22.0. The molecule has 0 radical (unpaired) electrons. The molecular weight excluding hydrogens is 388 g/mol. The smallest absolute Gasteiger partial charge is 0.223 e. The van der Waals surface area contributed by atoms with Gasteiger partial charge in [-0.2, -0.15) is 0 Å². The van der Waals surface area contributed by atoms with Crippen molar-refractivity contribution in [2.75, 3.05) is 45.1 Å². The predicted octanol–water partition coefficient (Wildman–Crippen LogP) is 2.23. The lowest BCUT2D eigenvalue weighted by Gasteiger charge is -2.32. The Balaban J connectivity index is 0.00000261. The lowest BCUT2D eigenvalue weighted by molar-refractivity contribution is -0.132. The van der Waals surface area contributed by atoms with Crippen LogP contribution in [-0.2, 0) is 15.6 Å². The Morgan fingerprint density at radius 1 is 1.22 bits per heavy atom. The molecule has 2 aliphatic heterocycles. The molecule has 0 saturated carbocycles. The zero-order valence-corrected chi connectivity index (χ0v) is 17.4. The van der Waals surface area contributed by atoms with Crippen LogP contribution in [0, 0.1) is 5.92 Å². The van der Waals surface area contributed by atoms with E-state index >= 15 is 0 Å². The van der Waals surface area contributed by atoms with E-state index in [2.05, 4.69) is 12.2 Å². The number of carbonyl (C=O) groups excluding carboxylic acids is 1. The van der Waals surface area contributed by atoms with Crippen LogP contribution in [0.3, 0.4) is 0 Å². The molecule has 1 atom stereocenters. The molecule has 2 aliphatic rings. The molecule has 27 heavy (non-hydrogen) atoms. The van der Waals surface area contributed by atoms with Crippen LogP contribution in [0.4, 0.5) is 0 Å². The van der Waals surface area contributed by atoms with E-state index in [-0.39, 0.29) is 18.3 Å². The second-order valence-electron chi connectivity index (χ2n) is 6.74. The first-order valence-corrected chi connectivity index (χ1v) is 10.8. The summed E-state index contributed by atoms with van der Waals surface area (Å²) in [6.45, 7) is 6.80. The monoisotopic (exact) mass is 416 g/mol. The minimum Gasteiger partial charge on any atom is -0.486 e. The predicted molar refractivity (Wildman–Crippen MR) is 108 cm³/mol. The number of piperidine rings is 1.